The number of methoxy groups -OCH3 is 1. The molecule has 1 unspecified atom stereocenters. The molecule has 1 fully saturated rings. The van der Waals surface area contributed by atoms with Crippen LogP contribution in [0.4, 0.5) is 5.69 Å². The van der Waals surface area contributed by atoms with E-state index in [0.717, 1.165) is 18.7 Å². The lowest BCUT2D eigenvalue weighted by atomic mass is 10.3. The lowest BCUT2D eigenvalue weighted by molar-refractivity contribution is 0.216. The topological polar surface area (TPSA) is 58.6 Å². The number of sulfonamides is 1. The van der Waals surface area contributed by atoms with Gasteiger partial charge in [-0.05, 0) is 18.6 Å². The van der Waals surface area contributed by atoms with Crippen molar-refractivity contribution in [2.45, 2.75) is 12.5 Å². The number of nitrogens with one attached hydrogen (secondary N) is 1. The van der Waals surface area contributed by atoms with Crippen LogP contribution in [0, 0.1) is 0 Å². The van der Waals surface area contributed by atoms with Gasteiger partial charge in [-0.15, -0.1) is 0 Å². The van der Waals surface area contributed by atoms with Gasteiger partial charge in [-0.1, -0.05) is 23.7 Å². The zero-order valence-electron chi connectivity index (χ0n) is 11.4. The monoisotopic (exact) mass is 318 g/mol. The van der Waals surface area contributed by atoms with Crippen molar-refractivity contribution in [3.8, 4) is 0 Å². The van der Waals surface area contributed by atoms with Crippen molar-refractivity contribution in [2.24, 2.45) is 0 Å². The summed E-state index contributed by atoms with van der Waals surface area (Å²) >= 11 is 6.16. The van der Waals surface area contributed by atoms with E-state index in [1.54, 1.807) is 0 Å². The molecule has 1 heterocycles. The Morgan fingerprint density at radius 3 is 2.90 bits per heavy atom. The Balaban J connectivity index is 1.95. The highest BCUT2D eigenvalue weighted by atomic mass is 35.5. The Bertz CT molecular complexity index is 550. The van der Waals surface area contributed by atoms with E-state index in [9.17, 15) is 8.42 Å². The molecule has 2 rings (SSSR count). The summed E-state index contributed by atoms with van der Waals surface area (Å²) in [6.07, 6.45) is 0.775. The molecule has 20 heavy (non-hydrogen) atoms. The van der Waals surface area contributed by atoms with Gasteiger partial charge in [-0.25, -0.2) is 13.1 Å². The lowest BCUT2D eigenvalue weighted by Gasteiger charge is -2.20. The van der Waals surface area contributed by atoms with E-state index >= 15 is 0 Å². The minimum Gasteiger partial charge on any atom is -0.384 e. The molecule has 5 nitrogen and oxygen atoms in total. The summed E-state index contributed by atoms with van der Waals surface area (Å²) in [6.45, 7) is 1.63. The first-order valence-corrected chi connectivity index (χ1v) is 8.53. The van der Waals surface area contributed by atoms with E-state index in [1.165, 1.54) is 7.11 Å². The number of para-hydroxylation sites is 1. The van der Waals surface area contributed by atoms with Crippen LogP contribution in [0.1, 0.15) is 6.42 Å². The Kier molecular flexibility index (Phi) is 5.26. The van der Waals surface area contributed by atoms with Gasteiger partial charge in [-0.3, -0.25) is 0 Å². The maximum atomic E-state index is 11.8. The SMILES string of the molecule is COCCS(=O)(=O)NC1CCN(c2ccccc2Cl)C1. The third-order valence-electron chi connectivity index (χ3n) is 3.28. The molecule has 1 aromatic carbocycles. The number of halogens is 1. The number of ether oxygens (including phenoxy) is 1. The molecule has 0 aliphatic carbocycles. The van der Waals surface area contributed by atoms with Gasteiger partial charge < -0.3 is 9.64 Å². The predicted molar refractivity (Wildman–Crippen MR) is 80.9 cm³/mol. The van der Waals surface area contributed by atoms with Gasteiger partial charge in [0.2, 0.25) is 10.0 Å². The van der Waals surface area contributed by atoms with Gasteiger partial charge >= 0.3 is 0 Å². The summed E-state index contributed by atoms with van der Waals surface area (Å²) in [5.74, 6) is -0.00784. The maximum Gasteiger partial charge on any atom is 0.214 e. The van der Waals surface area contributed by atoms with Gasteiger partial charge in [0.25, 0.3) is 0 Å². The number of rotatable bonds is 6. The molecule has 1 atom stereocenters. The molecule has 1 aromatic rings. The van der Waals surface area contributed by atoms with E-state index in [2.05, 4.69) is 9.62 Å². The van der Waals surface area contributed by atoms with Crippen LogP contribution in [-0.2, 0) is 14.8 Å². The van der Waals surface area contributed by atoms with Crippen LogP contribution in [-0.4, -0.2) is 47.0 Å². The molecule has 1 aliphatic heterocycles. The molecule has 1 aliphatic rings. The molecule has 0 radical (unpaired) electrons. The molecule has 0 aromatic heterocycles. The van der Waals surface area contributed by atoms with E-state index in [0.29, 0.717) is 11.6 Å². The molecule has 1 saturated heterocycles. The van der Waals surface area contributed by atoms with Gasteiger partial charge in [0, 0.05) is 26.2 Å². The van der Waals surface area contributed by atoms with E-state index < -0.39 is 10.0 Å². The normalized spacial score (nSPS) is 19.5. The van der Waals surface area contributed by atoms with Gasteiger partial charge in [0.05, 0.1) is 23.1 Å². The predicted octanol–water partition coefficient (Wildman–Crippen LogP) is 1.48. The van der Waals surface area contributed by atoms with Crippen LogP contribution in [0.2, 0.25) is 5.02 Å². The number of anilines is 1. The average Bonchev–Trinajstić information content (AvgIpc) is 2.84. The molecule has 0 saturated carbocycles. The molecular weight excluding hydrogens is 300 g/mol. The van der Waals surface area contributed by atoms with Crippen molar-refractivity contribution in [3.63, 3.8) is 0 Å². The fourth-order valence-corrected chi connectivity index (χ4v) is 3.75. The Morgan fingerprint density at radius 2 is 2.20 bits per heavy atom. The van der Waals surface area contributed by atoms with Crippen LogP contribution < -0.4 is 9.62 Å². The van der Waals surface area contributed by atoms with Crippen molar-refractivity contribution >= 4 is 27.3 Å². The van der Waals surface area contributed by atoms with Gasteiger partial charge in [-0.2, -0.15) is 0 Å². The first kappa shape index (κ1) is 15.6. The summed E-state index contributed by atoms with van der Waals surface area (Å²) in [6, 6.07) is 7.52. The fourth-order valence-electron chi connectivity index (χ4n) is 2.29. The fraction of sp³-hybridized carbons (Fsp3) is 0.538. The second-order valence-electron chi connectivity index (χ2n) is 4.81. The number of nitrogens with zero attached hydrogens (tertiary/aromatic N) is 1. The number of hydrogen-bond donors (Lipinski definition) is 1. The molecule has 112 valence electrons. The smallest absolute Gasteiger partial charge is 0.214 e. The Labute approximate surface area is 124 Å². The van der Waals surface area contributed by atoms with Crippen LogP contribution in [0.5, 0.6) is 0 Å². The molecule has 0 amide bonds. The highest BCUT2D eigenvalue weighted by Crippen LogP contribution is 2.28. The minimum atomic E-state index is -3.28. The summed E-state index contributed by atoms with van der Waals surface area (Å²) in [7, 11) is -1.79. The Hall–Kier alpha value is -0.820. The largest absolute Gasteiger partial charge is 0.384 e. The number of benzene rings is 1. The first-order chi connectivity index (χ1) is 9.52. The zero-order valence-corrected chi connectivity index (χ0v) is 13.0. The average molecular weight is 319 g/mol. The quantitative estimate of drug-likeness (QED) is 0.863. The van der Waals surface area contributed by atoms with Crippen molar-refractivity contribution in [2.75, 3.05) is 37.5 Å². The molecule has 1 N–H and O–H groups in total. The zero-order chi connectivity index (χ0) is 14.6. The van der Waals surface area contributed by atoms with Crippen LogP contribution in [0.25, 0.3) is 0 Å². The second-order valence-corrected chi connectivity index (χ2v) is 7.09. The third-order valence-corrected chi connectivity index (χ3v) is 5.00. The van der Waals surface area contributed by atoms with E-state index in [1.807, 2.05) is 24.3 Å². The van der Waals surface area contributed by atoms with Crippen LogP contribution in [0.15, 0.2) is 24.3 Å². The summed E-state index contributed by atoms with van der Waals surface area (Å²) < 4.78 is 31.2. The van der Waals surface area contributed by atoms with E-state index in [-0.39, 0.29) is 18.4 Å². The number of hydrogen-bond acceptors (Lipinski definition) is 4. The van der Waals surface area contributed by atoms with Crippen molar-refractivity contribution < 1.29 is 13.2 Å². The molecule has 0 spiro atoms. The van der Waals surface area contributed by atoms with Crippen LogP contribution >= 0.6 is 11.6 Å². The van der Waals surface area contributed by atoms with Crippen molar-refractivity contribution in [1.82, 2.24) is 4.72 Å². The summed E-state index contributed by atoms with van der Waals surface area (Å²) in [5.41, 5.74) is 0.952. The van der Waals surface area contributed by atoms with E-state index in [4.69, 9.17) is 16.3 Å². The lowest BCUT2D eigenvalue weighted by Crippen LogP contribution is -2.39. The highest BCUT2D eigenvalue weighted by molar-refractivity contribution is 7.89. The van der Waals surface area contributed by atoms with Crippen molar-refractivity contribution in [1.29, 1.82) is 0 Å². The summed E-state index contributed by atoms with van der Waals surface area (Å²) in [4.78, 5) is 2.10. The molecular formula is C13H19ClN2O3S. The van der Waals surface area contributed by atoms with Crippen LogP contribution in [0.3, 0.4) is 0 Å². The summed E-state index contributed by atoms with van der Waals surface area (Å²) in [5, 5.41) is 0.690. The second kappa shape index (κ2) is 6.76. The maximum absolute atomic E-state index is 11.8. The molecule has 7 heteroatoms. The molecule has 0 bridgehead atoms. The van der Waals surface area contributed by atoms with Gasteiger partial charge in [0.1, 0.15) is 0 Å². The first-order valence-electron chi connectivity index (χ1n) is 6.50. The van der Waals surface area contributed by atoms with Gasteiger partial charge in [0.15, 0.2) is 0 Å². The minimum absolute atomic E-state index is 0.00784. The van der Waals surface area contributed by atoms with Crippen molar-refractivity contribution in [3.05, 3.63) is 29.3 Å². The highest BCUT2D eigenvalue weighted by Gasteiger charge is 2.27. The standard InChI is InChI=1S/C13H19ClN2O3S/c1-19-8-9-20(17,18)15-11-6-7-16(10-11)13-5-3-2-4-12(13)14/h2-5,11,15H,6-10H2,1H3. The Morgan fingerprint density at radius 1 is 1.45 bits per heavy atom. The third kappa shape index (κ3) is 4.09.